The van der Waals surface area contributed by atoms with Crippen molar-refractivity contribution in [2.24, 2.45) is 0 Å². The topological polar surface area (TPSA) is 75.3 Å². The zero-order chi connectivity index (χ0) is 23.5. The molecule has 0 unspecified atom stereocenters. The van der Waals surface area contributed by atoms with Crippen LogP contribution in [0.3, 0.4) is 0 Å². The number of hydrogen-bond acceptors (Lipinski definition) is 3. The molecule has 0 aliphatic heterocycles. The third kappa shape index (κ3) is 5.85. The monoisotopic (exact) mass is 466 g/mol. The molecule has 3 aromatic carbocycles. The average Bonchev–Trinajstić information content (AvgIpc) is 2.70. The van der Waals surface area contributed by atoms with Crippen molar-refractivity contribution >= 4 is 27.2 Å². The van der Waals surface area contributed by atoms with E-state index in [-0.39, 0.29) is 22.0 Å². The maximum atomic E-state index is 13.1. The average molecular weight is 466 g/mol. The van der Waals surface area contributed by atoms with Crippen LogP contribution in [0.5, 0.6) is 0 Å². The zero-order valence-electron chi connectivity index (χ0n) is 16.7. The number of sulfone groups is 1. The Bertz CT molecular complexity index is 1240. The van der Waals surface area contributed by atoms with E-state index < -0.39 is 33.4 Å². The highest BCUT2D eigenvalue weighted by molar-refractivity contribution is 7.90. The highest BCUT2D eigenvalue weighted by Crippen LogP contribution is 2.31. The van der Waals surface area contributed by atoms with Gasteiger partial charge in [0.1, 0.15) is 5.82 Å². The second-order valence-corrected chi connectivity index (χ2v) is 8.98. The number of urea groups is 1. The Morgan fingerprint density at radius 1 is 0.906 bits per heavy atom. The molecule has 0 spiro atoms. The van der Waals surface area contributed by atoms with Gasteiger partial charge in [-0.05, 0) is 60.5 Å². The lowest BCUT2D eigenvalue weighted by Gasteiger charge is -2.13. The number of benzene rings is 3. The number of aryl methyl sites for hydroxylation is 1. The molecule has 0 aliphatic carbocycles. The maximum absolute atomic E-state index is 13.1. The third-order valence-electron chi connectivity index (χ3n) is 4.50. The lowest BCUT2D eigenvalue weighted by atomic mass is 10.2. The minimum atomic E-state index is -4.56. The Morgan fingerprint density at radius 3 is 2.16 bits per heavy atom. The van der Waals surface area contributed by atoms with Crippen molar-refractivity contribution in [1.29, 1.82) is 0 Å². The van der Waals surface area contributed by atoms with Crippen LogP contribution in [-0.2, 0) is 21.8 Å². The molecule has 0 radical (unpaired) electrons. The molecule has 3 aromatic rings. The van der Waals surface area contributed by atoms with Gasteiger partial charge >= 0.3 is 12.2 Å². The molecular formula is C22H18F4N2O3S. The number of nitrogens with one attached hydrogen (secondary N) is 2. The summed E-state index contributed by atoms with van der Waals surface area (Å²) in [6, 6.07) is 12.6. The summed E-state index contributed by atoms with van der Waals surface area (Å²) in [5.74, 6) is -0.853. The van der Waals surface area contributed by atoms with Crippen LogP contribution < -0.4 is 10.6 Å². The van der Waals surface area contributed by atoms with E-state index in [1.54, 1.807) is 6.92 Å². The van der Waals surface area contributed by atoms with Gasteiger partial charge in [-0.3, -0.25) is 0 Å². The number of rotatable bonds is 5. The molecule has 0 saturated carbocycles. The van der Waals surface area contributed by atoms with Gasteiger partial charge in [0.05, 0.1) is 16.2 Å². The number of alkyl halides is 3. The van der Waals surface area contributed by atoms with E-state index in [4.69, 9.17) is 0 Å². The minimum Gasteiger partial charge on any atom is -0.308 e. The molecule has 0 fully saturated rings. The number of halogens is 4. The van der Waals surface area contributed by atoms with Gasteiger partial charge in [-0.15, -0.1) is 0 Å². The summed E-state index contributed by atoms with van der Waals surface area (Å²) in [6.07, 6.45) is -4.56. The number of carbonyl (C=O) groups excluding carboxylic acids is 1. The third-order valence-corrected chi connectivity index (χ3v) is 6.32. The number of carbonyl (C=O) groups is 1. The SMILES string of the molecule is Cc1ccc(NC(=O)Nc2cccc(C(F)(F)F)c2)cc1S(=O)(=O)Cc1ccc(F)cc1. The molecule has 0 aromatic heterocycles. The van der Waals surface area contributed by atoms with Crippen LogP contribution in [0.15, 0.2) is 71.6 Å². The van der Waals surface area contributed by atoms with Gasteiger partial charge in [-0.25, -0.2) is 17.6 Å². The highest BCUT2D eigenvalue weighted by atomic mass is 32.2. The van der Waals surface area contributed by atoms with E-state index >= 15 is 0 Å². The Balaban J connectivity index is 1.77. The maximum Gasteiger partial charge on any atom is 0.416 e. The first-order valence-corrected chi connectivity index (χ1v) is 10.9. The van der Waals surface area contributed by atoms with Gasteiger partial charge in [0, 0.05) is 11.4 Å². The van der Waals surface area contributed by atoms with Crippen molar-refractivity contribution in [1.82, 2.24) is 0 Å². The van der Waals surface area contributed by atoms with Gasteiger partial charge in [-0.1, -0.05) is 24.3 Å². The normalized spacial score (nSPS) is 11.8. The van der Waals surface area contributed by atoms with Crippen LogP contribution in [0, 0.1) is 12.7 Å². The van der Waals surface area contributed by atoms with Crippen LogP contribution in [0.2, 0.25) is 0 Å². The van der Waals surface area contributed by atoms with Gasteiger partial charge in [0.15, 0.2) is 9.84 Å². The summed E-state index contributed by atoms with van der Waals surface area (Å²) in [5, 5.41) is 4.70. The Morgan fingerprint density at radius 2 is 1.53 bits per heavy atom. The first kappa shape index (κ1) is 23.3. The van der Waals surface area contributed by atoms with Gasteiger partial charge < -0.3 is 10.6 Å². The van der Waals surface area contributed by atoms with Crippen molar-refractivity contribution in [3.8, 4) is 0 Å². The molecule has 0 heterocycles. The van der Waals surface area contributed by atoms with E-state index in [0.717, 1.165) is 30.3 Å². The fourth-order valence-electron chi connectivity index (χ4n) is 2.96. The largest absolute Gasteiger partial charge is 0.416 e. The van der Waals surface area contributed by atoms with Crippen molar-refractivity contribution in [3.63, 3.8) is 0 Å². The fourth-order valence-corrected chi connectivity index (χ4v) is 4.61. The Hall–Kier alpha value is -3.40. The summed E-state index contributed by atoms with van der Waals surface area (Å²) in [6.45, 7) is 1.59. The van der Waals surface area contributed by atoms with Crippen molar-refractivity contribution in [2.45, 2.75) is 23.7 Å². The Kier molecular flexibility index (Phi) is 6.54. The van der Waals surface area contributed by atoms with Crippen molar-refractivity contribution in [3.05, 3.63) is 89.2 Å². The summed E-state index contributed by atoms with van der Waals surface area (Å²) in [4.78, 5) is 12.2. The van der Waals surface area contributed by atoms with Crippen LogP contribution in [0.1, 0.15) is 16.7 Å². The molecule has 3 rings (SSSR count). The van der Waals surface area contributed by atoms with E-state index in [9.17, 15) is 30.8 Å². The molecule has 5 nitrogen and oxygen atoms in total. The van der Waals surface area contributed by atoms with E-state index in [2.05, 4.69) is 10.6 Å². The molecular weight excluding hydrogens is 448 g/mol. The second kappa shape index (κ2) is 8.99. The highest BCUT2D eigenvalue weighted by Gasteiger charge is 2.30. The van der Waals surface area contributed by atoms with Gasteiger partial charge in [0.2, 0.25) is 0 Å². The number of anilines is 2. The molecule has 2 amide bonds. The number of amides is 2. The first-order valence-electron chi connectivity index (χ1n) is 9.27. The lowest BCUT2D eigenvalue weighted by molar-refractivity contribution is -0.137. The standard InChI is InChI=1S/C22H18F4N2O3S/c1-14-5-10-19(12-20(14)32(30,31)13-15-6-8-17(23)9-7-15)28-21(29)27-18-4-2-3-16(11-18)22(24,25)26/h2-12H,13H2,1H3,(H2,27,28,29). The summed E-state index contributed by atoms with van der Waals surface area (Å²) in [5.41, 5.74) is -0.0199. The predicted octanol–water partition coefficient (Wildman–Crippen LogP) is 5.77. The summed E-state index contributed by atoms with van der Waals surface area (Å²) >= 11 is 0. The molecule has 10 heteroatoms. The van der Waals surface area contributed by atoms with Gasteiger partial charge in [-0.2, -0.15) is 13.2 Å². The lowest BCUT2D eigenvalue weighted by Crippen LogP contribution is -2.20. The van der Waals surface area contributed by atoms with E-state index in [1.807, 2.05) is 0 Å². The quantitative estimate of drug-likeness (QED) is 0.469. The smallest absolute Gasteiger partial charge is 0.308 e. The molecule has 0 bridgehead atoms. The zero-order valence-corrected chi connectivity index (χ0v) is 17.5. The van der Waals surface area contributed by atoms with Crippen LogP contribution >= 0.6 is 0 Å². The molecule has 32 heavy (non-hydrogen) atoms. The van der Waals surface area contributed by atoms with Crippen molar-refractivity contribution in [2.75, 3.05) is 10.6 Å². The van der Waals surface area contributed by atoms with E-state index in [0.29, 0.717) is 11.1 Å². The molecule has 0 atom stereocenters. The van der Waals surface area contributed by atoms with Gasteiger partial charge in [0.25, 0.3) is 0 Å². The van der Waals surface area contributed by atoms with E-state index in [1.165, 1.54) is 36.4 Å². The fraction of sp³-hybridized carbons (Fsp3) is 0.136. The van der Waals surface area contributed by atoms with Crippen LogP contribution in [0.25, 0.3) is 0 Å². The first-order chi connectivity index (χ1) is 14.9. The number of hydrogen-bond donors (Lipinski definition) is 2. The predicted molar refractivity (Wildman–Crippen MR) is 113 cm³/mol. The molecule has 0 aliphatic rings. The second-order valence-electron chi connectivity index (χ2n) is 7.02. The van der Waals surface area contributed by atoms with Crippen molar-refractivity contribution < 1.29 is 30.8 Å². The molecule has 2 N–H and O–H groups in total. The Labute approximate surface area is 182 Å². The molecule has 0 saturated heterocycles. The summed E-state index contributed by atoms with van der Waals surface area (Å²) in [7, 11) is -3.82. The van der Waals surface area contributed by atoms with Crippen LogP contribution in [0.4, 0.5) is 33.7 Å². The van der Waals surface area contributed by atoms with Crippen LogP contribution in [-0.4, -0.2) is 14.4 Å². The summed E-state index contributed by atoms with van der Waals surface area (Å²) < 4.78 is 77.2. The molecule has 168 valence electrons. The minimum absolute atomic E-state index is 0.0290.